The normalized spacial score (nSPS) is 30.7. The molecule has 7 nitrogen and oxygen atoms in total. The van der Waals surface area contributed by atoms with Crippen molar-refractivity contribution in [1.29, 1.82) is 0 Å². The zero-order chi connectivity index (χ0) is 16.1. The second kappa shape index (κ2) is 4.79. The number of amides is 1. The average molecular weight is 299 g/mol. The molecule has 1 amide bonds. The van der Waals surface area contributed by atoms with Crippen molar-refractivity contribution in [3.63, 3.8) is 0 Å². The van der Waals surface area contributed by atoms with E-state index in [2.05, 4.69) is 0 Å². The van der Waals surface area contributed by atoms with Gasteiger partial charge in [0.25, 0.3) is 5.79 Å². The Balaban J connectivity index is 2.39. The summed E-state index contributed by atoms with van der Waals surface area (Å²) in [7, 11) is 2.71. The Morgan fingerprint density at radius 1 is 1.33 bits per heavy atom. The summed E-state index contributed by atoms with van der Waals surface area (Å²) in [5.41, 5.74) is -2.02. The molecule has 0 saturated carbocycles. The largest absolute Gasteiger partial charge is 0.442 e. The lowest BCUT2D eigenvalue weighted by Gasteiger charge is -2.52. The summed E-state index contributed by atoms with van der Waals surface area (Å²) in [4.78, 5) is 30.3. The van der Waals surface area contributed by atoms with E-state index in [9.17, 15) is 9.59 Å². The summed E-state index contributed by atoms with van der Waals surface area (Å²) >= 11 is 0. The van der Waals surface area contributed by atoms with Gasteiger partial charge in [0.05, 0.1) is 0 Å². The first kappa shape index (κ1) is 15.9. The lowest BCUT2D eigenvalue weighted by atomic mass is 9.81. The molecule has 2 aliphatic heterocycles. The zero-order valence-corrected chi connectivity index (χ0v) is 13.1. The molecule has 2 heterocycles. The Morgan fingerprint density at radius 2 is 1.90 bits per heavy atom. The first-order valence-electron chi connectivity index (χ1n) is 6.65. The van der Waals surface area contributed by atoms with Gasteiger partial charge in [0, 0.05) is 14.2 Å². The van der Waals surface area contributed by atoms with E-state index in [-0.39, 0.29) is 0 Å². The third-order valence-electron chi connectivity index (χ3n) is 3.47. The van der Waals surface area contributed by atoms with Crippen LogP contribution in [-0.4, -0.2) is 54.2 Å². The molecule has 0 aromatic rings. The number of fused-ring (bicyclic) bond motifs is 2. The molecule has 21 heavy (non-hydrogen) atoms. The highest BCUT2D eigenvalue weighted by Crippen LogP contribution is 2.42. The quantitative estimate of drug-likeness (QED) is 0.567. The smallest absolute Gasteiger partial charge is 0.435 e. The standard InChI is InChI=1S/C14H21NO6/c1-12(2,3)20-11(17)15-9-7-8-13(4,21-15)10(16)14(9,18-5)19-6/h7-9H,1-6H3/t9-,13+/m1/s1. The van der Waals surface area contributed by atoms with Crippen LogP contribution in [0.15, 0.2) is 12.2 Å². The Hall–Kier alpha value is -1.44. The minimum Gasteiger partial charge on any atom is -0.442 e. The number of rotatable bonds is 2. The molecule has 3 rings (SSSR count). The number of Topliss-reactive ketones (excluding diaryl/α,β-unsaturated/α-hetero) is 1. The molecule has 118 valence electrons. The highest BCUT2D eigenvalue weighted by atomic mass is 16.8. The van der Waals surface area contributed by atoms with Crippen molar-refractivity contribution in [2.45, 2.75) is 50.7 Å². The average Bonchev–Trinajstić information content (AvgIpc) is 2.39. The number of methoxy groups -OCH3 is 2. The van der Waals surface area contributed by atoms with Gasteiger partial charge in [0.2, 0.25) is 5.78 Å². The third kappa shape index (κ3) is 2.35. The fraction of sp³-hybridized carbons (Fsp3) is 0.714. The molecule has 0 N–H and O–H groups in total. The van der Waals surface area contributed by atoms with Crippen molar-refractivity contribution in [3.05, 3.63) is 12.2 Å². The predicted octanol–water partition coefficient (Wildman–Crippen LogP) is 1.42. The molecule has 1 aliphatic carbocycles. The van der Waals surface area contributed by atoms with Gasteiger partial charge in [-0.3, -0.25) is 4.79 Å². The Kier molecular flexibility index (Phi) is 3.64. The van der Waals surface area contributed by atoms with Crippen molar-refractivity contribution in [3.8, 4) is 0 Å². The van der Waals surface area contributed by atoms with Gasteiger partial charge >= 0.3 is 6.09 Å². The fourth-order valence-corrected chi connectivity index (χ4v) is 2.49. The summed E-state index contributed by atoms with van der Waals surface area (Å²) in [5, 5.41) is 1.000. The molecule has 2 atom stereocenters. The van der Waals surface area contributed by atoms with Crippen molar-refractivity contribution in [2.75, 3.05) is 14.2 Å². The summed E-state index contributed by atoms with van der Waals surface area (Å²) in [6.07, 6.45) is 2.55. The van der Waals surface area contributed by atoms with E-state index in [0.29, 0.717) is 0 Å². The van der Waals surface area contributed by atoms with Crippen LogP contribution in [0.4, 0.5) is 4.79 Å². The fourth-order valence-electron chi connectivity index (χ4n) is 2.49. The Labute approximate surface area is 123 Å². The molecule has 1 saturated heterocycles. The van der Waals surface area contributed by atoms with Gasteiger partial charge in [-0.1, -0.05) is 6.08 Å². The SMILES string of the molecule is COC1(OC)C(=O)[C@]2(C)C=C[C@H]1N(C(=O)OC(C)(C)C)O2. The molecule has 7 heteroatoms. The predicted molar refractivity (Wildman–Crippen MR) is 72.2 cm³/mol. The van der Waals surface area contributed by atoms with Crippen LogP contribution in [-0.2, 0) is 23.8 Å². The van der Waals surface area contributed by atoms with Crippen LogP contribution in [0.3, 0.4) is 0 Å². The Bertz CT molecular complexity index is 490. The molecule has 0 unspecified atom stereocenters. The van der Waals surface area contributed by atoms with Gasteiger partial charge in [-0.15, -0.1) is 0 Å². The van der Waals surface area contributed by atoms with Crippen LogP contribution in [0.1, 0.15) is 27.7 Å². The van der Waals surface area contributed by atoms with Gasteiger partial charge in [-0.25, -0.2) is 9.63 Å². The van der Waals surface area contributed by atoms with Crippen LogP contribution in [0.5, 0.6) is 0 Å². The summed E-state index contributed by atoms with van der Waals surface area (Å²) in [6.45, 7) is 6.78. The Morgan fingerprint density at radius 3 is 2.38 bits per heavy atom. The van der Waals surface area contributed by atoms with Crippen LogP contribution in [0, 0.1) is 0 Å². The molecule has 0 radical (unpaired) electrons. The molecular formula is C14H21NO6. The molecule has 0 aromatic heterocycles. The first-order chi connectivity index (χ1) is 9.59. The lowest BCUT2D eigenvalue weighted by Crippen LogP contribution is -2.74. The summed E-state index contributed by atoms with van der Waals surface area (Å²) in [6, 6.07) is -0.850. The third-order valence-corrected chi connectivity index (χ3v) is 3.47. The van der Waals surface area contributed by atoms with Gasteiger partial charge < -0.3 is 14.2 Å². The lowest BCUT2D eigenvalue weighted by molar-refractivity contribution is -0.326. The van der Waals surface area contributed by atoms with Crippen LogP contribution in [0.25, 0.3) is 0 Å². The number of hydrogen-bond acceptors (Lipinski definition) is 6. The van der Waals surface area contributed by atoms with Crippen molar-refractivity contribution in [2.24, 2.45) is 0 Å². The van der Waals surface area contributed by atoms with Crippen LogP contribution < -0.4 is 0 Å². The molecular weight excluding hydrogens is 278 g/mol. The maximum absolute atomic E-state index is 12.5. The maximum Gasteiger partial charge on any atom is 0.435 e. The second-order valence-electron chi connectivity index (χ2n) is 6.21. The van der Waals surface area contributed by atoms with Crippen molar-refractivity contribution < 1.29 is 28.6 Å². The number of ketones is 1. The van der Waals surface area contributed by atoms with E-state index < -0.39 is 34.9 Å². The van der Waals surface area contributed by atoms with Gasteiger partial charge in [-0.2, -0.15) is 5.06 Å². The topological polar surface area (TPSA) is 74.3 Å². The monoisotopic (exact) mass is 299 g/mol. The van der Waals surface area contributed by atoms with Crippen molar-refractivity contribution in [1.82, 2.24) is 5.06 Å². The van der Waals surface area contributed by atoms with E-state index in [0.717, 1.165) is 5.06 Å². The number of carbonyl (C=O) groups is 2. The highest BCUT2D eigenvalue weighted by molar-refractivity contribution is 5.98. The van der Waals surface area contributed by atoms with E-state index >= 15 is 0 Å². The zero-order valence-electron chi connectivity index (χ0n) is 13.1. The number of nitrogens with zero attached hydrogens (tertiary/aromatic N) is 1. The van der Waals surface area contributed by atoms with Crippen LogP contribution >= 0.6 is 0 Å². The first-order valence-corrected chi connectivity index (χ1v) is 6.65. The van der Waals surface area contributed by atoms with Gasteiger partial charge in [-0.05, 0) is 33.8 Å². The minimum absolute atomic E-state index is 0.396. The highest BCUT2D eigenvalue weighted by Gasteiger charge is 2.65. The number of hydrogen-bond donors (Lipinski definition) is 0. The number of hydroxylamine groups is 2. The van der Waals surface area contributed by atoms with Gasteiger partial charge in [0.1, 0.15) is 11.6 Å². The van der Waals surface area contributed by atoms with E-state index in [1.165, 1.54) is 14.2 Å². The number of ether oxygens (including phenoxy) is 3. The molecule has 2 bridgehead atoms. The number of carbonyl (C=O) groups excluding carboxylic acids is 2. The second-order valence-corrected chi connectivity index (χ2v) is 6.21. The van der Waals surface area contributed by atoms with E-state index in [1.54, 1.807) is 39.8 Å². The van der Waals surface area contributed by atoms with Crippen molar-refractivity contribution >= 4 is 11.9 Å². The molecule has 1 fully saturated rings. The van der Waals surface area contributed by atoms with Crippen LogP contribution in [0.2, 0.25) is 0 Å². The molecule has 0 aromatic carbocycles. The van der Waals surface area contributed by atoms with Gasteiger partial charge in [0.15, 0.2) is 5.60 Å². The minimum atomic E-state index is -1.60. The van der Waals surface area contributed by atoms with E-state index in [4.69, 9.17) is 19.0 Å². The maximum atomic E-state index is 12.5. The molecule has 0 spiro atoms. The summed E-state index contributed by atoms with van der Waals surface area (Å²) < 4.78 is 15.9. The molecule has 3 aliphatic rings. The summed E-state index contributed by atoms with van der Waals surface area (Å²) in [5.74, 6) is -1.99. The van der Waals surface area contributed by atoms with E-state index in [1.807, 2.05) is 0 Å².